The normalized spacial score (nSPS) is 11.9. The zero-order chi connectivity index (χ0) is 16.8. The van der Waals surface area contributed by atoms with Gasteiger partial charge in [0, 0.05) is 4.47 Å². The predicted octanol–water partition coefficient (Wildman–Crippen LogP) is 4.48. The van der Waals surface area contributed by atoms with Gasteiger partial charge in [0.1, 0.15) is 5.82 Å². The second kappa shape index (κ2) is 5.49. The number of nitrogens with zero attached hydrogens (tertiary/aromatic N) is 2. The molecule has 0 aliphatic rings. The second-order valence-corrected chi connectivity index (χ2v) is 5.89. The molecule has 0 unspecified atom stereocenters. The predicted molar refractivity (Wildman–Crippen MR) is 84.8 cm³/mol. The molecule has 0 bridgehead atoms. The van der Waals surface area contributed by atoms with Gasteiger partial charge in [-0.3, -0.25) is 9.36 Å². The van der Waals surface area contributed by atoms with E-state index in [1.54, 1.807) is 18.2 Å². The van der Waals surface area contributed by atoms with Crippen LogP contribution in [0.1, 0.15) is 11.4 Å². The molecule has 0 amide bonds. The van der Waals surface area contributed by atoms with Crippen molar-refractivity contribution in [3.63, 3.8) is 0 Å². The summed E-state index contributed by atoms with van der Waals surface area (Å²) in [5.41, 5.74) is -1.19. The van der Waals surface area contributed by atoms with E-state index in [-0.39, 0.29) is 16.9 Å². The lowest BCUT2D eigenvalue weighted by atomic mass is 10.1. The number of hydrogen-bond donors (Lipinski definition) is 0. The molecule has 0 spiro atoms. The first-order valence-electron chi connectivity index (χ1n) is 6.64. The molecule has 0 saturated heterocycles. The first-order valence-corrected chi connectivity index (χ1v) is 7.44. The van der Waals surface area contributed by atoms with E-state index < -0.39 is 17.3 Å². The van der Waals surface area contributed by atoms with Gasteiger partial charge in [0.05, 0.1) is 22.2 Å². The van der Waals surface area contributed by atoms with Gasteiger partial charge in [-0.1, -0.05) is 28.1 Å². The molecule has 0 saturated carbocycles. The van der Waals surface area contributed by atoms with Gasteiger partial charge in [-0.25, -0.2) is 4.98 Å². The third-order valence-corrected chi connectivity index (χ3v) is 3.94. The minimum Gasteiger partial charge on any atom is -0.268 e. The van der Waals surface area contributed by atoms with Crippen molar-refractivity contribution in [2.75, 3.05) is 0 Å². The van der Waals surface area contributed by atoms with E-state index in [9.17, 15) is 18.0 Å². The van der Waals surface area contributed by atoms with Crippen LogP contribution in [0.15, 0.2) is 51.7 Å². The number of rotatable bonds is 1. The van der Waals surface area contributed by atoms with Crippen LogP contribution in [0, 0.1) is 6.92 Å². The first kappa shape index (κ1) is 15.7. The van der Waals surface area contributed by atoms with Crippen molar-refractivity contribution < 1.29 is 13.2 Å². The first-order chi connectivity index (χ1) is 10.8. The second-order valence-electron chi connectivity index (χ2n) is 4.98. The summed E-state index contributed by atoms with van der Waals surface area (Å²) < 4.78 is 41.4. The Morgan fingerprint density at radius 2 is 1.83 bits per heavy atom. The Balaban J connectivity index is 2.41. The summed E-state index contributed by atoms with van der Waals surface area (Å²) in [5, 5.41) is 0.252. The highest BCUT2D eigenvalue weighted by molar-refractivity contribution is 9.10. The Labute approximate surface area is 137 Å². The molecule has 7 heteroatoms. The van der Waals surface area contributed by atoms with Crippen LogP contribution in [0.25, 0.3) is 16.6 Å². The van der Waals surface area contributed by atoms with E-state index in [1.165, 1.54) is 25.1 Å². The van der Waals surface area contributed by atoms with Gasteiger partial charge in [0.25, 0.3) is 5.56 Å². The number of benzene rings is 2. The van der Waals surface area contributed by atoms with Crippen molar-refractivity contribution in [1.29, 1.82) is 0 Å². The molecule has 1 heterocycles. The van der Waals surface area contributed by atoms with Crippen LogP contribution in [0.4, 0.5) is 13.2 Å². The molecule has 23 heavy (non-hydrogen) atoms. The molecule has 0 N–H and O–H groups in total. The van der Waals surface area contributed by atoms with E-state index in [4.69, 9.17) is 0 Å². The number of aromatic nitrogens is 2. The van der Waals surface area contributed by atoms with Gasteiger partial charge in [-0.05, 0) is 37.3 Å². The Kier molecular flexibility index (Phi) is 3.75. The number of aryl methyl sites for hydroxylation is 1. The van der Waals surface area contributed by atoms with Crippen molar-refractivity contribution in [3.05, 3.63) is 68.7 Å². The summed E-state index contributed by atoms with van der Waals surface area (Å²) >= 11 is 3.26. The maximum absolute atomic E-state index is 13.2. The monoisotopic (exact) mass is 382 g/mol. The van der Waals surface area contributed by atoms with Crippen molar-refractivity contribution >= 4 is 26.8 Å². The van der Waals surface area contributed by atoms with Gasteiger partial charge < -0.3 is 0 Å². The molecule has 3 rings (SSSR count). The fourth-order valence-electron chi connectivity index (χ4n) is 2.46. The molecule has 118 valence electrons. The SMILES string of the molecule is Cc1nc2ccc(Br)cc2c(=O)n1-c1ccccc1C(F)(F)F. The summed E-state index contributed by atoms with van der Waals surface area (Å²) in [4.78, 5) is 17.0. The zero-order valence-corrected chi connectivity index (χ0v) is 13.4. The minimum absolute atomic E-state index is 0.196. The van der Waals surface area contributed by atoms with Crippen LogP contribution in [-0.4, -0.2) is 9.55 Å². The quantitative estimate of drug-likeness (QED) is 0.621. The highest BCUT2D eigenvalue weighted by Crippen LogP contribution is 2.33. The third-order valence-electron chi connectivity index (χ3n) is 3.45. The van der Waals surface area contributed by atoms with Crippen LogP contribution in [0.2, 0.25) is 0 Å². The van der Waals surface area contributed by atoms with Crippen molar-refractivity contribution in [2.45, 2.75) is 13.1 Å². The third kappa shape index (κ3) is 2.76. The van der Waals surface area contributed by atoms with E-state index in [0.29, 0.717) is 9.99 Å². The highest BCUT2D eigenvalue weighted by Gasteiger charge is 2.34. The lowest BCUT2D eigenvalue weighted by molar-refractivity contribution is -0.137. The molecule has 0 aliphatic carbocycles. The lowest BCUT2D eigenvalue weighted by Crippen LogP contribution is -2.25. The van der Waals surface area contributed by atoms with Crippen molar-refractivity contribution in [3.8, 4) is 5.69 Å². The molecule has 0 atom stereocenters. The number of alkyl halides is 3. The van der Waals surface area contributed by atoms with Gasteiger partial charge in [0.15, 0.2) is 0 Å². The molecule has 3 nitrogen and oxygen atoms in total. The van der Waals surface area contributed by atoms with Crippen molar-refractivity contribution in [2.24, 2.45) is 0 Å². The maximum atomic E-state index is 13.2. The fraction of sp³-hybridized carbons (Fsp3) is 0.125. The Hall–Kier alpha value is -2.15. The molecule has 0 fully saturated rings. The molecule has 1 aromatic heterocycles. The molecule has 0 radical (unpaired) electrons. The topological polar surface area (TPSA) is 34.9 Å². The molecule has 0 aliphatic heterocycles. The average Bonchev–Trinajstić information content (AvgIpc) is 2.48. The van der Waals surface area contributed by atoms with E-state index >= 15 is 0 Å². The van der Waals surface area contributed by atoms with E-state index in [2.05, 4.69) is 20.9 Å². The lowest BCUT2D eigenvalue weighted by Gasteiger charge is -2.16. The summed E-state index contributed by atoms with van der Waals surface area (Å²) in [5.74, 6) is 0.196. The maximum Gasteiger partial charge on any atom is 0.418 e. The van der Waals surface area contributed by atoms with Crippen LogP contribution in [0.5, 0.6) is 0 Å². The largest absolute Gasteiger partial charge is 0.418 e. The van der Waals surface area contributed by atoms with Gasteiger partial charge in [-0.2, -0.15) is 13.2 Å². The average molecular weight is 383 g/mol. The van der Waals surface area contributed by atoms with Gasteiger partial charge >= 0.3 is 6.18 Å². The standard InChI is InChI=1S/C16H10BrF3N2O/c1-9-21-13-7-6-10(17)8-11(13)15(23)22(9)14-5-3-2-4-12(14)16(18,19)20/h2-8H,1H3. The van der Waals surface area contributed by atoms with E-state index in [1.807, 2.05) is 0 Å². The van der Waals surface area contributed by atoms with Gasteiger partial charge in [0.2, 0.25) is 0 Å². The molecular formula is C16H10BrF3N2O. The minimum atomic E-state index is -4.56. The highest BCUT2D eigenvalue weighted by atomic mass is 79.9. The van der Waals surface area contributed by atoms with Crippen LogP contribution < -0.4 is 5.56 Å². The fourth-order valence-corrected chi connectivity index (χ4v) is 2.82. The number of para-hydroxylation sites is 1. The Morgan fingerprint density at radius 1 is 1.13 bits per heavy atom. The number of hydrogen-bond acceptors (Lipinski definition) is 2. The summed E-state index contributed by atoms with van der Waals surface area (Å²) in [6, 6.07) is 9.89. The molecule has 3 aromatic rings. The van der Waals surface area contributed by atoms with Gasteiger partial charge in [-0.15, -0.1) is 0 Å². The number of fused-ring (bicyclic) bond motifs is 1. The Bertz CT molecular complexity index is 964. The van der Waals surface area contributed by atoms with Crippen LogP contribution in [0.3, 0.4) is 0 Å². The van der Waals surface area contributed by atoms with Crippen LogP contribution >= 0.6 is 15.9 Å². The Morgan fingerprint density at radius 3 is 2.52 bits per heavy atom. The summed E-state index contributed by atoms with van der Waals surface area (Å²) in [6.45, 7) is 1.51. The summed E-state index contributed by atoms with van der Waals surface area (Å²) in [6.07, 6.45) is -4.56. The number of halogens is 4. The summed E-state index contributed by atoms with van der Waals surface area (Å²) in [7, 11) is 0. The van der Waals surface area contributed by atoms with Crippen LogP contribution in [-0.2, 0) is 6.18 Å². The molecular weight excluding hydrogens is 373 g/mol. The zero-order valence-electron chi connectivity index (χ0n) is 11.9. The smallest absolute Gasteiger partial charge is 0.268 e. The molecule has 2 aromatic carbocycles. The van der Waals surface area contributed by atoms with E-state index in [0.717, 1.165) is 10.6 Å². The van der Waals surface area contributed by atoms with Crippen molar-refractivity contribution in [1.82, 2.24) is 9.55 Å².